The minimum absolute atomic E-state index is 0.0184. The maximum Gasteiger partial charge on any atom is 0.277 e. The van der Waals surface area contributed by atoms with E-state index in [9.17, 15) is 14.4 Å². The normalized spacial score (nSPS) is 19.2. The monoisotopic (exact) mass is 415 g/mol. The third-order valence-corrected chi connectivity index (χ3v) is 6.14. The van der Waals surface area contributed by atoms with E-state index in [0.29, 0.717) is 43.6 Å². The topological polar surface area (TPSA) is 100 Å². The summed E-state index contributed by atoms with van der Waals surface area (Å²) in [6.07, 6.45) is 4.25. The van der Waals surface area contributed by atoms with Gasteiger partial charge < -0.3 is 14.5 Å². The molecule has 9 nitrogen and oxygen atoms in total. The van der Waals surface area contributed by atoms with Crippen LogP contribution in [0, 0.1) is 0 Å². The van der Waals surface area contributed by atoms with Gasteiger partial charge in [0.15, 0.2) is 5.65 Å². The number of H-pyrrole nitrogens is 1. The van der Waals surface area contributed by atoms with Gasteiger partial charge in [-0.2, -0.15) is 0 Å². The van der Waals surface area contributed by atoms with Gasteiger partial charge >= 0.3 is 0 Å². The summed E-state index contributed by atoms with van der Waals surface area (Å²) < 4.78 is 6.45. The Bertz CT molecular complexity index is 1010. The number of nitrogens with one attached hydrogen (secondary N) is 1. The summed E-state index contributed by atoms with van der Waals surface area (Å²) in [5.41, 5.74) is 2.56. The molecule has 162 valence electrons. The average molecular weight is 415 g/mol. The van der Waals surface area contributed by atoms with Crippen molar-refractivity contribution in [3.63, 3.8) is 0 Å². The minimum Gasteiger partial charge on any atom is -0.384 e. The van der Waals surface area contributed by atoms with Crippen LogP contribution >= 0.6 is 0 Å². The zero-order valence-electron chi connectivity index (χ0n) is 17.6. The summed E-state index contributed by atoms with van der Waals surface area (Å²) in [5, 5.41) is 3.20. The van der Waals surface area contributed by atoms with E-state index in [0.717, 1.165) is 37.2 Å². The van der Waals surface area contributed by atoms with Gasteiger partial charge in [0.05, 0.1) is 42.6 Å². The quantitative estimate of drug-likeness (QED) is 0.796. The molecule has 0 spiro atoms. The molecule has 2 aliphatic heterocycles. The smallest absolute Gasteiger partial charge is 0.277 e. The first-order valence-electron chi connectivity index (χ1n) is 10.7. The molecule has 0 unspecified atom stereocenters. The van der Waals surface area contributed by atoms with Crippen LogP contribution in [0.4, 0.5) is 0 Å². The standard InChI is InChI=1S/C21H29N5O4/c1-3-19(27)25-9-5-4-6-17(25)16-12-18-22-15-7-10-24(20(28)8-11-30-2)13-14(15)21(29)26(18)23-16/h12,17,23H,3-11,13H2,1-2H3/t17-/m1/s1. The van der Waals surface area contributed by atoms with E-state index in [2.05, 4.69) is 5.10 Å². The SMILES string of the molecule is CCC(=O)N1CCCC[C@@H]1c1cc2nc3c(c(=O)n2[nH]1)CN(C(=O)CCOC)CC3. The fraction of sp³-hybridized carbons (Fsp3) is 0.619. The lowest BCUT2D eigenvalue weighted by atomic mass is 9.99. The van der Waals surface area contributed by atoms with Crippen LogP contribution in [-0.2, 0) is 27.3 Å². The number of carbonyl (C=O) groups excluding carboxylic acids is 2. The molecule has 2 amide bonds. The van der Waals surface area contributed by atoms with E-state index in [1.54, 1.807) is 12.0 Å². The predicted octanol–water partition coefficient (Wildman–Crippen LogP) is 1.41. The van der Waals surface area contributed by atoms with E-state index in [-0.39, 0.29) is 30.0 Å². The molecule has 1 atom stereocenters. The summed E-state index contributed by atoms with van der Waals surface area (Å²) in [4.78, 5) is 46.2. The largest absolute Gasteiger partial charge is 0.384 e. The van der Waals surface area contributed by atoms with Crippen LogP contribution in [0.3, 0.4) is 0 Å². The second-order valence-corrected chi connectivity index (χ2v) is 8.01. The minimum atomic E-state index is -0.172. The highest BCUT2D eigenvalue weighted by Crippen LogP contribution is 2.31. The number of aromatic amines is 1. The number of carbonyl (C=O) groups is 2. The fourth-order valence-electron chi connectivity index (χ4n) is 4.49. The second-order valence-electron chi connectivity index (χ2n) is 8.01. The van der Waals surface area contributed by atoms with Crippen molar-refractivity contribution in [2.24, 2.45) is 0 Å². The fourth-order valence-corrected chi connectivity index (χ4v) is 4.49. The molecule has 0 aromatic carbocycles. The average Bonchev–Trinajstić information content (AvgIpc) is 3.21. The number of amides is 2. The second kappa shape index (κ2) is 8.59. The Kier molecular flexibility index (Phi) is 5.90. The van der Waals surface area contributed by atoms with E-state index in [4.69, 9.17) is 9.72 Å². The maximum atomic E-state index is 13.2. The predicted molar refractivity (Wildman–Crippen MR) is 110 cm³/mol. The van der Waals surface area contributed by atoms with E-state index >= 15 is 0 Å². The summed E-state index contributed by atoms with van der Waals surface area (Å²) in [5.74, 6) is 0.110. The number of nitrogens with zero attached hydrogens (tertiary/aromatic N) is 4. The maximum absolute atomic E-state index is 13.2. The first kappa shape index (κ1) is 20.6. The van der Waals surface area contributed by atoms with Gasteiger partial charge in [0.1, 0.15) is 0 Å². The van der Waals surface area contributed by atoms with Crippen molar-refractivity contribution >= 4 is 17.5 Å². The lowest BCUT2D eigenvalue weighted by Gasteiger charge is -2.35. The highest BCUT2D eigenvalue weighted by Gasteiger charge is 2.30. The van der Waals surface area contributed by atoms with Crippen LogP contribution in [0.15, 0.2) is 10.9 Å². The highest BCUT2D eigenvalue weighted by molar-refractivity contribution is 5.77. The molecule has 2 aromatic rings. The molecule has 2 aromatic heterocycles. The van der Waals surface area contributed by atoms with Crippen molar-refractivity contribution in [1.29, 1.82) is 0 Å². The molecule has 0 radical (unpaired) electrons. The van der Waals surface area contributed by atoms with Crippen LogP contribution < -0.4 is 5.56 Å². The highest BCUT2D eigenvalue weighted by atomic mass is 16.5. The Hall–Kier alpha value is -2.68. The zero-order chi connectivity index (χ0) is 21.3. The Morgan fingerprint density at radius 1 is 1.27 bits per heavy atom. The molecular weight excluding hydrogens is 386 g/mol. The molecular formula is C21H29N5O4. The van der Waals surface area contributed by atoms with Crippen LogP contribution in [0.2, 0.25) is 0 Å². The number of ether oxygens (including phenoxy) is 1. The first-order chi connectivity index (χ1) is 14.5. The Balaban J connectivity index is 1.65. The molecule has 0 saturated carbocycles. The number of hydrogen-bond acceptors (Lipinski definition) is 5. The van der Waals surface area contributed by atoms with Crippen LogP contribution in [0.1, 0.15) is 62.0 Å². The first-order valence-corrected chi connectivity index (χ1v) is 10.7. The molecule has 0 aliphatic carbocycles. The van der Waals surface area contributed by atoms with Gasteiger partial charge in [-0.25, -0.2) is 9.50 Å². The van der Waals surface area contributed by atoms with Gasteiger partial charge in [-0.1, -0.05) is 6.92 Å². The van der Waals surface area contributed by atoms with Crippen LogP contribution in [0.5, 0.6) is 0 Å². The van der Waals surface area contributed by atoms with E-state index < -0.39 is 0 Å². The van der Waals surface area contributed by atoms with Crippen molar-refractivity contribution in [2.45, 2.75) is 58.0 Å². The third-order valence-electron chi connectivity index (χ3n) is 6.14. The van der Waals surface area contributed by atoms with Gasteiger partial charge in [-0.05, 0) is 19.3 Å². The summed E-state index contributed by atoms with van der Waals surface area (Å²) >= 11 is 0. The Morgan fingerprint density at radius 2 is 2.10 bits per heavy atom. The van der Waals surface area contributed by atoms with Crippen molar-refractivity contribution in [2.75, 3.05) is 26.8 Å². The van der Waals surface area contributed by atoms with Crippen molar-refractivity contribution in [3.8, 4) is 0 Å². The van der Waals surface area contributed by atoms with Gasteiger partial charge in [0, 0.05) is 39.1 Å². The number of likely N-dealkylation sites (tertiary alicyclic amines) is 1. The molecule has 9 heteroatoms. The molecule has 2 aliphatic rings. The van der Waals surface area contributed by atoms with Gasteiger partial charge in [-0.15, -0.1) is 0 Å². The number of hydrogen-bond donors (Lipinski definition) is 1. The number of piperidine rings is 1. The van der Waals surface area contributed by atoms with E-state index in [1.165, 1.54) is 4.52 Å². The van der Waals surface area contributed by atoms with E-state index in [1.807, 2.05) is 17.9 Å². The molecule has 1 saturated heterocycles. The lowest BCUT2D eigenvalue weighted by Crippen LogP contribution is -2.40. The molecule has 1 N–H and O–H groups in total. The number of fused-ring (bicyclic) bond motifs is 2. The Labute approximate surface area is 175 Å². The number of methoxy groups -OCH3 is 1. The molecule has 4 heterocycles. The van der Waals surface area contributed by atoms with Gasteiger partial charge in [0.25, 0.3) is 5.56 Å². The third kappa shape index (κ3) is 3.74. The molecule has 0 bridgehead atoms. The van der Waals surface area contributed by atoms with Gasteiger partial charge in [-0.3, -0.25) is 19.5 Å². The van der Waals surface area contributed by atoms with Crippen molar-refractivity contribution in [3.05, 3.63) is 33.4 Å². The van der Waals surface area contributed by atoms with Crippen molar-refractivity contribution in [1.82, 2.24) is 24.4 Å². The summed E-state index contributed by atoms with van der Waals surface area (Å²) in [7, 11) is 1.57. The van der Waals surface area contributed by atoms with Crippen LogP contribution in [-0.4, -0.2) is 63.0 Å². The Morgan fingerprint density at radius 3 is 2.87 bits per heavy atom. The number of rotatable bonds is 5. The van der Waals surface area contributed by atoms with Gasteiger partial charge in [0.2, 0.25) is 11.8 Å². The molecule has 30 heavy (non-hydrogen) atoms. The van der Waals surface area contributed by atoms with Crippen LogP contribution in [0.25, 0.3) is 5.65 Å². The number of aromatic nitrogens is 3. The van der Waals surface area contributed by atoms with Crippen molar-refractivity contribution < 1.29 is 14.3 Å². The zero-order valence-corrected chi connectivity index (χ0v) is 17.6. The summed E-state index contributed by atoms with van der Waals surface area (Å²) in [6, 6.07) is 1.83. The molecule has 1 fully saturated rings. The summed E-state index contributed by atoms with van der Waals surface area (Å²) in [6.45, 7) is 3.80. The lowest BCUT2D eigenvalue weighted by molar-refractivity contribution is -0.135. The molecule has 4 rings (SSSR count).